The molecular formula is C45H52N8O7S. The first-order valence-electron chi connectivity index (χ1n) is 21.9. The van der Waals surface area contributed by atoms with Crippen LogP contribution in [0.2, 0.25) is 0 Å². The summed E-state index contributed by atoms with van der Waals surface area (Å²) in [6.45, 7) is 6.42. The molecule has 0 atom stereocenters. The molecule has 61 heavy (non-hydrogen) atoms. The van der Waals surface area contributed by atoms with Crippen LogP contribution in [-0.4, -0.2) is 66.5 Å². The molecule has 4 aromatic heterocycles. The average molecular weight is 852 g/mol. The number of rotatable bonds is 12. The fraction of sp³-hybridized carbons (Fsp3) is 0.400. The lowest BCUT2D eigenvalue weighted by Crippen LogP contribution is -2.51. The van der Waals surface area contributed by atoms with Gasteiger partial charge in [0.1, 0.15) is 5.60 Å². The number of amides is 2. The van der Waals surface area contributed by atoms with E-state index in [1.54, 1.807) is 82.6 Å². The lowest BCUT2D eigenvalue weighted by Gasteiger charge is -2.41. The Labute approximate surface area is 358 Å². The Morgan fingerprint density at radius 3 is 2.39 bits per heavy atom. The second kappa shape index (κ2) is 15.7. The summed E-state index contributed by atoms with van der Waals surface area (Å²) in [6, 6.07) is 14.4. The number of aromatic nitrogens is 6. The summed E-state index contributed by atoms with van der Waals surface area (Å²) in [7, 11) is -1.43. The minimum Gasteiger partial charge on any atom is -0.479 e. The second-order valence-electron chi connectivity index (χ2n) is 17.0. The Hall–Kier alpha value is -6.16. The predicted molar refractivity (Wildman–Crippen MR) is 233 cm³/mol. The number of ether oxygens (including phenoxy) is 2. The standard InChI is InChI=1S/C45H52N8O7S/c1-8-22-45(48-40(54)30-18-19-30)23-20-31(21-24-45)52-38-34(51(6)43(52)56)26-46-39-36(38)35(29-16-14-28(15-17-29)25-47-42(55)60-44(2,3)4)37(33-27-50(5)49-41(33)59-7)53(39)61(57,58)32-12-10-9-11-13-32/h8-17,26-27,30-31H,1,18-25H2,2-7H3,(H,47,55)(H,48,54)/i6D3. The topological polar surface area (TPSA) is 173 Å². The number of benzene rings is 2. The number of hydrogen-bond acceptors (Lipinski definition) is 9. The van der Waals surface area contributed by atoms with Crippen LogP contribution in [0.15, 0.2) is 89.3 Å². The lowest BCUT2D eigenvalue weighted by molar-refractivity contribution is -0.124. The summed E-state index contributed by atoms with van der Waals surface area (Å²) in [5.74, 6) is 0.0829. The molecule has 2 aromatic carbocycles. The first kappa shape index (κ1) is 37.8. The van der Waals surface area contributed by atoms with Crippen LogP contribution < -0.4 is 21.1 Å². The SMILES string of the molecule is [2H]C([2H])([2H])n1c(=O)n(C2CCC(CC=C)(NC(=O)C3CC3)CC2)c2c3c(-c4ccc(CNC(=O)OC(C)(C)C)cc4)c(-c4cn(C)nc4OC)n(S(=O)(=O)c4ccccc4)c3ncc21. The molecule has 2 aliphatic carbocycles. The molecule has 0 spiro atoms. The van der Waals surface area contributed by atoms with Crippen LogP contribution in [0.1, 0.15) is 81.4 Å². The zero-order valence-corrected chi connectivity index (χ0v) is 35.7. The minimum absolute atomic E-state index is 0.000129. The van der Waals surface area contributed by atoms with Gasteiger partial charge >= 0.3 is 11.8 Å². The van der Waals surface area contributed by atoms with Crippen molar-refractivity contribution in [3.63, 3.8) is 0 Å². The first-order chi connectivity index (χ1) is 30.3. The van der Waals surface area contributed by atoms with Crippen molar-refractivity contribution in [3.8, 4) is 28.3 Å². The largest absolute Gasteiger partial charge is 0.479 e. The summed E-state index contributed by atoms with van der Waals surface area (Å²) in [4.78, 5) is 45.3. The highest BCUT2D eigenvalue weighted by atomic mass is 32.2. The van der Waals surface area contributed by atoms with Crippen molar-refractivity contribution >= 4 is 44.1 Å². The number of nitrogens with one attached hydrogen (secondary N) is 2. The van der Waals surface area contributed by atoms with Gasteiger partial charge in [-0.1, -0.05) is 48.5 Å². The van der Waals surface area contributed by atoms with E-state index in [2.05, 4.69) is 22.3 Å². The zero-order valence-electron chi connectivity index (χ0n) is 37.9. The smallest absolute Gasteiger partial charge is 0.407 e. The number of carbonyl (C=O) groups is 2. The number of hydrogen-bond donors (Lipinski definition) is 2. The molecule has 0 bridgehead atoms. The van der Waals surface area contributed by atoms with Crippen LogP contribution >= 0.6 is 0 Å². The third-order valence-corrected chi connectivity index (χ3v) is 13.2. The van der Waals surface area contributed by atoms with Crippen molar-refractivity contribution in [2.45, 2.75) is 94.3 Å². The summed E-state index contributed by atoms with van der Waals surface area (Å²) >= 11 is 0. The second-order valence-corrected chi connectivity index (χ2v) is 18.8. The molecule has 2 N–H and O–H groups in total. The van der Waals surface area contributed by atoms with Crippen molar-refractivity contribution in [3.05, 3.63) is 95.7 Å². The minimum atomic E-state index is -4.52. The molecule has 15 nitrogen and oxygen atoms in total. The highest BCUT2D eigenvalue weighted by molar-refractivity contribution is 7.90. The molecule has 0 aliphatic heterocycles. The van der Waals surface area contributed by atoms with Gasteiger partial charge in [0.05, 0.1) is 45.9 Å². The number of aryl methyl sites for hydroxylation is 2. The van der Waals surface area contributed by atoms with E-state index in [0.717, 1.165) is 21.4 Å². The Balaban J connectivity index is 1.42. The maximum Gasteiger partial charge on any atom is 0.407 e. The number of imidazole rings is 1. The van der Waals surface area contributed by atoms with E-state index < -0.39 is 46.0 Å². The number of pyridine rings is 1. The van der Waals surface area contributed by atoms with Gasteiger partial charge in [-0.05, 0) is 89.0 Å². The lowest BCUT2D eigenvalue weighted by atomic mass is 9.77. The molecule has 4 heterocycles. The fourth-order valence-electron chi connectivity index (χ4n) is 8.54. The van der Waals surface area contributed by atoms with Gasteiger partial charge in [0.25, 0.3) is 10.0 Å². The third-order valence-electron chi connectivity index (χ3n) is 11.5. The number of carbonyl (C=O) groups excluding carboxylic acids is 2. The van der Waals surface area contributed by atoms with Gasteiger partial charge < -0.3 is 20.1 Å². The molecule has 16 heteroatoms. The highest BCUT2D eigenvalue weighted by Gasteiger charge is 2.41. The Bertz CT molecular complexity index is 2950. The highest BCUT2D eigenvalue weighted by Crippen LogP contribution is 2.48. The molecule has 2 saturated carbocycles. The summed E-state index contributed by atoms with van der Waals surface area (Å²) < 4.78 is 72.3. The van der Waals surface area contributed by atoms with E-state index in [1.807, 2.05) is 0 Å². The van der Waals surface area contributed by atoms with Crippen LogP contribution in [0.4, 0.5) is 4.79 Å². The normalized spacial score (nSPS) is 19.2. The summed E-state index contributed by atoms with van der Waals surface area (Å²) in [5.41, 5.74) is -0.101. The zero-order chi connectivity index (χ0) is 45.9. The molecule has 2 amide bonds. The van der Waals surface area contributed by atoms with Crippen LogP contribution in [0.5, 0.6) is 5.88 Å². The van der Waals surface area contributed by atoms with Crippen LogP contribution in [0, 0.1) is 5.92 Å². The first-order valence-corrected chi connectivity index (χ1v) is 21.8. The predicted octanol–water partition coefficient (Wildman–Crippen LogP) is 6.98. The average Bonchev–Trinajstić information content (AvgIpc) is 3.84. The van der Waals surface area contributed by atoms with Gasteiger partial charge in [0.15, 0.2) is 5.65 Å². The van der Waals surface area contributed by atoms with Gasteiger partial charge in [-0.2, -0.15) is 0 Å². The van der Waals surface area contributed by atoms with Gasteiger partial charge in [0.2, 0.25) is 11.8 Å². The molecule has 320 valence electrons. The van der Waals surface area contributed by atoms with Crippen molar-refractivity contribution in [2.24, 2.45) is 19.9 Å². The Kier molecular flexibility index (Phi) is 9.73. The number of fused-ring (bicyclic) bond motifs is 3. The Morgan fingerprint density at radius 1 is 1.07 bits per heavy atom. The van der Waals surface area contributed by atoms with Gasteiger partial charge in [-0.15, -0.1) is 11.7 Å². The van der Waals surface area contributed by atoms with Crippen molar-refractivity contribution in [2.75, 3.05) is 7.11 Å². The van der Waals surface area contributed by atoms with Gasteiger partial charge in [0, 0.05) is 53.9 Å². The molecule has 2 fully saturated rings. The molecular weight excluding hydrogens is 797 g/mol. The molecule has 0 saturated heterocycles. The van der Waals surface area contributed by atoms with E-state index in [1.165, 1.54) is 34.7 Å². The molecule has 0 radical (unpaired) electrons. The third kappa shape index (κ3) is 7.73. The van der Waals surface area contributed by atoms with Crippen molar-refractivity contribution in [1.82, 2.24) is 38.5 Å². The van der Waals surface area contributed by atoms with Crippen LogP contribution in [0.25, 0.3) is 44.5 Å². The number of nitrogens with zero attached hydrogens (tertiary/aromatic N) is 6. The van der Waals surface area contributed by atoms with E-state index in [-0.39, 0.29) is 62.5 Å². The van der Waals surface area contributed by atoms with E-state index in [9.17, 15) is 14.4 Å². The van der Waals surface area contributed by atoms with E-state index in [0.29, 0.717) is 48.8 Å². The van der Waals surface area contributed by atoms with E-state index >= 15 is 8.42 Å². The van der Waals surface area contributed by atoms with Crippen molar-refractivity contribution in [1.29, 1.82) is 0 Å². The maximum atomic E-state index is 15.2. The number of alkyl carbamates (subject to hydrolysis) is 1. The molecule has 6 aromatic rings. The van der Waals surface area contributed by atoms with Crippen LogP contribution in [-0.2, 0) is 40.1 Å². The molecule has 0 unspecified atom stereocenters. The van der Waals surface area contributed by atoms with Gasteiger partial charge in [-0.3, -0.25) is 18.6 Å². The fourth-order valence-corrected chi connectivity index (χ4v) is 10.0. The number of methoxy groups -OCH3 is 1. The quantitative estimate of drug-likeness (QED) is 0.123. The van der Waals surface area contributed by atoms with Crippen LogP contribution in [0.3, 0.4) is 0 Å². The van der Waals surface area contributed by atoms with E-state index in [4.69, 9.17) is 18.6 Å². The Morgan fingerprint density at radius 2 is 1.77 bits per heavy atom. The monoisotopic (exact) mass is 851 g/mol. The molecule has 2 aliphatic rings. The summed E-state index contributed by atoms with van der Waals surface area (Å²) in [5, 5.41) is 10.8. The molecule has 8 rings (SSSR count). The van der Waals surface area contributed by atoms with Gasteiger partial charge in [-0.25, -0.2) is 27.0 Å². The summed E-state index contributed by atoms with van der Waals surface area (Å²) in [6.07, 6.45) is 8.00. The maximum absolute atomic E-state index is 15.2. The van der Waals surface area contributed by atoms with Crippen molar-refractivity contribution < 1.29 is 31.6 Å².